The van der Waals surface area contributed by atoms with Crippen LogP contribution in [0.5, 0.6) is 0 Å². The molecule has 5 nitrogen and oxygen atoms in total. The molecule has 1 aromatic carbocycles. The molecule has 21 heavy (non-hydrogen) atoms. The van der Waals surface area contributed by atoms with Crippen molar-refractivity contribution in [3.8, 4) is 0 Å². The number of nitrogens with one attached hydrogen (secondary N) is 2. The zero-order valence-electron chi connectivity index (χ0n) is 10.6. The van der Waals surface area contributed by atoms with Gasteiger partial charge in [0.1, 0.15) is 17.5 Å². The molecule has 0 spiro atoms. The minimum absolute atomic E-state index is 0.0228. The van der Waals surface area contributed by atoms with Crippen LogP contribution in [-0.4, -0.2) is 9.97 Å². The largest absolute Gasteiger partial charge is 0.451 e. The first-order valence-corrected chi connectivity index (χ1v) is 5.80. The molecule has 9 heteroatoms. The lowest BCUT2D eigenvalue weighted by Crippen LogP contribution is -2.17. The highest BCUT2D eigenvalue weighted by atomic mass is 19.4. The van der Waals surface area contributed by atoms with Gasteiger partial charge in [-0.2, -0.15) is 13.2 Å². The molecule has 0 amide bonds. The molecule has 0 aliphatic carbocycles. The first-order chi connectivity index (χ1) is 9.90. The fourth-order valence-electron chi connectivity index (χ4n) is 1.57. The Morgan fingerprint density at radius 3 is 2.38 bits per heavy atom. The highest BCUT2D eigenvalue weighted by Crippen LogP contribution is 2.28. The molecular formula is C12H11F4N5. The van der Waals surface area contributed by atoms with E-state index < -0.39 is 17.8 Å². The molecule has 0 bridgehead atoms. The lowest BCUT2D eigenvalue weighted by molar-refractivity contribution is -0.144. The summed E-state index contributed by atoms with van der Waals surface area (Å²) in [6.07, 6.45) is -4.71. The molecule has 0 saturated carbocycles. The van der Waals surface area contributed by atoms with Gasteiger partial charge in [0.25, 0.3) is 0 Å². The first kappa shape index (κ1) is 15.0. The summed E-state index contributed by atoms with van der Waals surface area (Å²) in [6.45, 7) is -0.0228. The molecule has 0 fully saturated rings. The summed E-state index contributed by atoms with van der Waals surface area (Å²) in [5.41, 5.74) is 2.32. The standard InChI is InChI=1S/C12H11F4N5/c13-8-4-2-1-3-7(8)6-18-9-5-10(21-17)20-11(19-9)12(14,15)16/h1-5H,6,17H2,(H2,18,19,20,21). The van der Waals surface area contributed by atoms with Crippen LogP contribution in [0.4, 0.5) is 29.2 Å². The van der Waals surface area contributed by atoms with Crippen molar-refractivity contribution < 1.29 is 17.6 Å². The summed E-state index contributed by atoms with van der Waals surface area (Å²) in [4.78, 5) is 6.54. The fraction of sp³-hybridized carbons (Fsp3) is 0.167. The van der Waals surface area contributed by atoms with Crippen LogP contribution >= 0.6 is 0 Å². The van der Waals surface area contributed by atoms with Crippen LogP contribution in [0.25, 0.3) is 0 Å². The SMILES string of the molecule is NNc1cc(NCc2ccccc2F)nc(C(F)(F)F)n1. The Morgan fingerprint density at radius 2 is 1.76 bits per heavy atom. The monoisotopic (exact) mass is 301 g/mol. The van der Waals surface area contributed by atoms with Crippen molar-refractivity contribution in [1.29, 1.82) is 0 Å². The van der Waals surface area contributed by atoms with Gasteiger partial charge in [-0.15, -0.1) is 0 Å². The molecule has 1 aromatic heterocycles. The number of halogens is 4. The van der Waals surface area contributed by atoms with E-state index in [4.69, 9.17) is 5.84 Å². The predicted octanol–water partition coefficient (Wildman–Crippen LogP) is 2.53. The number of hydrogen-bond donors (Lipinski definition) is 3. The van der Waals surface area contributed by atoms with Crippen molar-refractivity contribution in [2.24, 2.45) is 5.84 Å². The minimum atomic E-state index is -4.71. The van der Waals surface area contributed by atoms with E-state index >= 15 is 0 Å². The van der Waals surface area contributed by atoms with E-state index in [0.717, 1.165) is 0 Å². The Bertz CT molecular complexity index is 629. The van der Waals surface area contributed by atoms with E-state index in [9.17, 15) is 17.6 Å². The lowest BCUT2D eigenvalue weighted by Gasteiger charge is -2.11. The fourth-order valence-corrected chi connectivity index (χ4v) is 1.57. The molecule has 0 aliphatic heterocycles. The molecule has 4 N–H and O–H groups in total. The van der Waals surface area contributed by atoms with Crippen molar-refractivity contribution in [2.75, 3.05) is 10.7 Å². The summed E-state index contributed by atoms with van der Waals surface area (Å²) in [7, 11) is 0. The average Bonchev–Trinajstić information content (AvgIpc) is 2.45. The summed E-state index contributed by atoms with van der Waals surface area (Å²) in [5.74, 6) is 2.94. The van der Waals surface area contributed by atoms with Crippen LogP contribution in [0.1, 0.15) is 11.4 Å². The number of alkyl halides is 3. The van der Waals surface area contributed by atoms with Crippen LogP contribution in [0, 0.1) is 5.82 Å². The Balaban J connectivity index is 2.22. The highest BCUT2D eigenvalue weighted by Gasteiger charge is 2.35. The van der Waals surface area contributed by atoms with Gasteiger partial charge in [-0.25, -0.2) is 20.2 Å². The molecule has 0 saturated heterocycles. The van der Waals surface area contributed by atoms with Gasteiger partial charge in [0.15, 0.2) is 0 Å². The third kappa shape index (κ3) is 3.78. The van der Waals surface area contributed by atoms with Gasteiger partial charge in [0.2, 0.25) is 5.82 Å². The maximum atomic E-state index is 13.4. The van der Waals surface area contributed by atoms with Gasteiger partial charge in [-0.1, -0.05) is 18.2 Å². The van der Waals surface area contributed by atoms with Gasteiger partial charge < -0.3 is 10.7 Å². The van der Waals surface area contributed by atoms with Gasteiger partial charge in [0, 0.05) is 18.2 Å². The van der Waals surface area contributed by atoms with Crippen molar-refractivity contribution in [1.82, 2.24) is 9.97 Å². The number of anilines is 2. The van der Waals surface area contributed by atoms with Gasteiger partial charge >= 0.3 is 6.18 Å². The topological polar surface area (TPSA) is 75.9 Å². The number of aromatic nitrogens is 2. The Labute approximate surface area is 117 Å². The summed E-state index contributed by atoms with van der Waals surface area (Å²) in [6, 6.07) is 7.09. The Kier molecular flexibility index (Phi) is 4.22. The Hall–Kier alpha value is -2.42. The summed E-state index contributed by atoms with van der Waals surface area (Å²) in [5, 5.41) is 2.60. The van der Waals surface area contributed by atoms with Crippen LogP contribution in [-0.2, 0) is 12.7 Å². The van der Waals surface area contributed by atoms with Crippen molar-refractivity contribution in [3.05, 3.63) is 47.5 Å². The molecule has 0 radical (unpaired) electrons. The molecule has 0 unspecified atom stereocenters. The molecule has 2 rings (SSSR count). The van der Waals surface area contributed by atoms with E-state index in [0.29, 0.717) is 5.56 Å². The second-order valence-corrected chi connectivity index (χ2v) is 4.05. The summed E-state index contributed by atoms with van der Waals surface area (Å²) >= 11 is 0. The number of hydrazine groups is 1. The third-order valence-corrected chi connectivity index (χ3v) is 2.55. The summed E-state index contributed by atoms with van der Waals surface area (Å²) < 4.78 is 51.3. The Morgan fingerprint density at radius 1 is 1.10 bits per heavy atom. The number of rotatable bonds is 4. The quantitative estimate of drug-likeness (QED) is 0.459. The van der Waals surface area contributed by atoms with Crippen molar-refractivity contribution in [2.45, 2.75) is 12.7 Å². The van der Waals surface area contributed by atoms with Crippen molar-refractivity contribution in [3.63, 3.8) is 0 Å². The smallest absolute Gasteiger partial charge is 0.366 e. The molecule has 1 heterocycles. The maximum absolute atomic E-state index is 13.4. The molecule has 2 aromatic rings. The number of hydrogen-bond acceptors (Lipinski definition) is 5. The normalized spacial score (nSPS) is 11.3. The van der Waals surface area contributed by atoms with Crippen LogP contribution in [0.2, 0.25) is 0 Å². The number of nitrogens with zero attached hydrogens (tertiary/aromatic N) is 2. The lowest BCUT2D eigenvalue weighted by atomic mass is 10.2. The van der Waals surface area contributed by atoms with Gasteiger partial charge in [-0.3, -0.25) is 0 Å². The molecule has 0 aliphatic rings. The van der Waals surface area contributed by atoms with E-state index in [-0.39, 0.29) is 18.2 Å². The van der Waals surface area contributed by atoms with E-state index in [1.165, 1.54) is 24.3 Å². The van der Waals surface area contributed by atoms with E-state index in [2.05, 4.69) is 15.3 Å². The van der Waals surface area contributed by atoms with E-state index in [1.807, 2.05) is 5.43 Å². The molecular weight excluding hydrogens is 290 g/mol. The average molecular weight is 301 g/mol. The van der Waals surface area contributed by atoms with Gasteiger partial charge in [-0.05, 0) is 6.07 Å². The number of nitrogen functional groups attached to an aromatic ring is 1. The second kappa shape index (κ2) is 5.92. The van der Waals surface area contributed by atoms with Gasteiger partial charge in [0.05, 0.1) is 0 Å². The third-order valence-electron chi connectivity index (χ3n) is 2.55. The zero-order valence-corrected chi connectivity index (χ0v) is 10.6. The van der Waals surface area contributed by atoms with Crippen LogP contribution in [0.3, 0.4) is 0 Å². The van der Waals surface area contributed by atoms with Crippen LogP contribution < -0.4 is 16.6 Å². The minimum Gasteiger partial charge on any atom is -0.366 e. The maximum Gasteiger partial charge on any atom is 0.451 e. The van der Waals surface area contributed by atoms with Crippen LogP contribution in [0.15, 0.2) is 30.3 Å². The predicted molar refractivity (Wildman–Crippen MR) is 68.6 cm³/mol. The molecule has 0 atom stereocenters. The number of benzene rings is 1. The zero-order chi connectivity index (χ0) is 15.5. The second-order valence-electron chi connectivity index (χ2n) is 4.05. The first-order valence-electron chi connectivity index (χ1n) is 5.80. The molecule has 112 valence electrons. The highest BCUT2D eigenvalue weighted by molar-refractivity contribution is 5.47. The number of nitrogens with two attached hydrogens (primary N) is 1. The van der Waals surface area contributed by atoms with Crippen molar-refractivity contribution >= 4 is 11.6 Å². The van der Waals surface area contributed by atoms with E-state index in [1.54, 1.807) is 6.07 Å².